The smallest absolute Gasteiger partial charge is 0.231 e. The van der Waals surface area contributed by atoms with E-state index in [1.807, 2.05) is 47.8 Å². The number of hydrogen-bond acceptors (Lipinski definition) is 5. The van der Waals surface area contributed by atoms with Gasteiger partial charge >= 0.3 is 0 Å². The van der Waals surface area contributed by atoms with Gasteiger partial charge in [-0.05, 0) is 29.6 Å². The van der Waals surface area contributed by atoms with E-state index in [2.05, 4.69) is 5.32 Å². The number of carbonyl (C=O) groups excluding carboxylic acids is 2. The quantitative estimate of drug-likeness (QED) is 0.707. The predicted molar refractivity (Wildman–Crippen MR) is 111 cm³/mol. The van der Waals surface area contributed by atoms with E-state index in [4.69, 9.17) is 9.47 Å². The van der Waals surface area contributed by atoms with Crippen molar-refractivity contribution in [3.05, 3.63) is 60.0 Å². The molecule has 1 fully saturated rings. The van der Waals surface area contributed by atoms with Gasteiger partial charge in [0.25, 0.3) is 0 Å². The second-order valence-electron chi connectivity index (χ2n) is 6.96. The Kier molecular flexibility index (Phi) is 4.44. The van der Waals surface area contributed by atoms with Crippen LogP contribution in [0.4, 0.5) is 11.4 Å². The first-order chi connectivity index (χ1) is 14.2. The van der Waals surface area contributed by atoms with Crippen molar-refractivity contribution in [1.29, 1.82) is 0 Å². The lowest BCUT2D eigenvalue weighted by Gasteiger charge is -2.17. The van der Waals surface area contributed by atoms with Gasteiger partial charge < -0.3 is 19.7 Å². The van der Waals surface area contributed by atoms with Crippen LogP contribution in [0.5, 0.6) is 11.5 Å². The summed E-state index contributed by atoms with van der Waals surface area (Å²) in [6.45, 7) is 0.521. The molecule has 1 aromatic heterocycles. The van der Waals surface area contributed by atoms with E-state index in [9.17, 15) is 9.59 Å². The maximum Gasteiger partial charge on any atom is 0.231 e. The minimum Gasteiger partial charge on any atom is -0.454 e. The van der Waals surface area contributed by atoms with Crippen LogP contribution in [-0.4, -0.2) is 25.2 Å². The molecule has 0 saturated carbocycles. The minimum atomic E-state index is -0.413. The van der Waals surface area contributed by atoms with Gasteiger partial charge in [0.05, 0.1) is 5.92 Å². The molecule has 5 rings (SSSR count). The molecule has 2 aromatic carbocycles. The van der Waals surface area contributed by atoms with Crippen LogP contribution in [0.1, 0.15) is 6.42 Å². The molecular weight excluding hydrogens is 388 g/mol. The SMILES string of the molecule is O=C(Nc1ccccc1-c1cccs1)[C@H]1CC(=O)N(c2ccc3c(c2)OCO3)C1. The zero-order valence-electron chi connectivity index (χ0n) is 15.5. The lowest BCUT2D eigenvalue weighted by atomic mass is 10.1. The maximum absolute atomic E-state index is 12.9. The number of anilines is 2. The van der Waals surface area contributed by atoms with Gasteiger partial charge in [-0.15, -0.1) is 11.3 Å². The average molecular weight is 406 g/mol. The number of nitrogens with zero attached hydrogens (tertiary/aromatic N) is 1. The molecule has 0 unspecified atom stereocenters. The number of amides is 2. The van der Waals surface area contributed by atoms with Gasteiger partial charge in [-0.25, -0.2) is 0 Å². The van der Waals surface area contributed by atoms with Crippen molar-refractivity contribution in [3.63, 3.8) is 0 Å². The van der Waals surface area contributed by atoms with Gasteiger partial charge in [0.1, 0.15) is 0 Å². The van der Waals surface area contributed by atoms with Crippen LogP contribution in [0, 0.1) is 5.92 Å². The third-order valence-corrected chi connectivity index (χ3v) is 6.04. The summed E-state index contributed by atoms with van der Waals surface area (Å²) in [5.41, 5.74) is 2.45. The summed E-state index contributed by atoms with van der Waals surface area (Å²) >= 11 is 1.62. The second-order valence-corrected chi connectivity index (χ2v) is 7.90. The Hall–Kier alpha value is -3.32. The van der Waals surface area contributed by atoms with Crippen LogP contribution in [0.2, 0.25) is 0 Å². The maximum atomic E-state index is 12.9. The first-order valence-electron chi connectivity index (χ1n) is 9.33. The van der Waals surface area contributed by atoms with Crippen LogP contribution in [0.25, 0.3) is 10.4 Å². The summed E-state index contributed by atoms with van der Waals surface area (Å²) in [5, 5.41) is 5.03. The Morgan fingerprint density at radius 3 is 2.79 bits per heavy atom. The number of fused-ring (bicyclic) bond motifs is 1. The third-order valence-electron chi connectivity index (χ3n) is 5.14. The van der Waals surface area contributed by atoms with Crippen LogP contribution >= 0.6 is 11.3 Å². The topological polar surface area (TPSA) is 67.9 Å². The number of carbonyl (C=O) groups is 2. The highest BCUT2D eigenvalue weighted by molar-refractivity contribution is 7.13. The predicted octanol–water partition coefficient (Wildman–Crippen LogP) is 4.14. The highest BCUT2D eigenvalue weighted by Gasteiger charge is 2.36. The molecule has 1 atom stereocenters. The number of benzene rings is 2. The summed E-state index contributed by atoms with van der Waals surface area (Å²) in [4.78, 5) is 28.2. The highest BCUT2D eigenvalue weighted by Crippen LogP contribution is 2.37. The molecular formula is C22H18N2O4S. The molecule has 6 nitrogen and oxygen atoms in total. The Labute approximate surface area is 171 Å². The lowest BCUT2D eigenvalue weighted by molar-refractivity contribution is -0.122. The largest absolute Gasteiger partial charge is 0.454 e. The van der Waals surface area contributed by atoms with Crippen molar-refractivity contribution in [2.24, 2.45) is 5.92 Å². The number of hydrogen-bond donors (Lipinski definition) is 1. The van der Waals surface area contributed by atoms with Crippen molar-refractivity contribution < 1.29 is 19.1 Å². The van der Waals surface area contributed by atoms with Gasteiger partial charge in [0, 0.05) is 40.8 Å². The van der Waals surface area contributed by atoms with Crippen molar-refractivity contribution in [2.45, 2.75) is 6.42 Å². The number of thiophene rings is 1. The monoisotopic (exact) mass is 406 g/mol. The highest BCUT2D eigenvalue weighted by atomic mass is 32.1. The number of ether oxygens (including phenoxy) is 2. The summed E-state index contributed by atoms with van der Waals surface area (Å²) in [7, 11) is 0. The van der Waals surface area contributed by atoms with Crippen molar-refractivity contribution in [3.8, 4) is 21.9 Å². The van der Waals surface area contributed by atoms with E-state index < -0.39 is 5.92 Å². The Balaban J connectivity index is 1.33. The molecule has 0 radical (unpaired) electrons. The fraction of sp³-hybridized carbons (Fsp3) is 0.182. The van der Waals surface area contributed by atoms with Gasteiger partial charge in [0.2, 0.25) is 18.6 Å². The molecule has 2 amide bonds. The van der Waals surface area contributed by atoms with Crippen LogP contribution in [0.3, 0.4) is 0 Å². The van der Waals surface area contributed by atoms with E-state index in [-0.39, 0.29) is 25.0 Å². The first-order valence-corrected chi connectivity index (χ1v) is 10.2. The van der Waals surface area contributed by atoms with Gasteiger partial charge in [-0.3, -0.25) is 9.59 Å². The normalized spacial score (nSPS) is 17.6. The molecule has 0 aliphatic carbocycles. The Morgan fingerprint density at radius 1 is 1.07 bits per heavy atom. The molecule has 2 aliphatic heterocycles. The molecule has 3 heterocycles. The van der Waals surface area contributed by atoms with Crippen LogP contribution < -0.4 is 19.7 Å². The van der Waals surface area contributed by atoms with Gasteiger partial charge in [-0.2, -0.15) is 0 Å². The van der Waals surface area contributed by atoms with E-state index in [0.717, 1.165) is 16.1 Å². The van der Waals surface area contributed by atoms with Gasteiger partial charge in [-0.1, -0.05) is 24.3 Å². The molecule has 29 heavy (non-hydrogen) atoms. The fourth-order valence-corrected chi connectivity index (χ4v) is 4.43. The fourth-order valence-electron chi connectivity index (χ4n) is 3.66. The van der Waals surface area contributed by atoms with Crippen molar-refractivity contribution >= 4 is 34.5 Å². The Bertz CT molecular complexity index is 1080. The Morgan fingerprint density at radius 2 is 1.93 bits per heavy atom. The summed E-state index contributed by atoms with van der Waals surface area (Å²) in [5.74, 6) is 0.651. The molecule has 3 aromatic rings. The third kappa shape index (κ3) is 3.34. The number of nitrogens with one attached hydrogen (secondary N) is 1. The van der Waals surface area contributed by atoms with Crippen LogP contribution in [-0.2, 0) is 9.59 Å². The molecule has 146 valence electrons. The number of rotatable bonds is 4. The van der Waals surface area contributed by atoms with Crippen LogP contribution in [0.15, 0.2) is 60.0 Å². The van der Waals surface area contributed by atoms with E-state index in [1.54, 1.807) is 28.4 Å². The standard InChI is InChI=1S/C22H18N2O4S/c25-21-10-14(12-24(21)15-7-8-18-19(11-15)28-13-27-18)22(26)23-17-5-2-1-4-16(17)20-6-3-9-29-20/h1-9,11,14H,10,12-13H2,(H,23,26)/t14-/m0/s1. The molecule has 0 bridgehead atoms. The van der Waals surface area contributed by atoms with E-state index in [0.29, 0.717) is 23.7 Å². The molecule has 7 heteroatoms. The van der Waals surface area contributed by atoms with Gasteiger partial charge in [0.15, 0.2) is 11.5 Å². The van der Waals surface area contributed by atoms with E-state index in [1.165, 1.54) is 0 Å². The molecule has 1 N–H and O–H groups in total. The van der Waals surface area contributed by atoms with Crippen molar-refractivity contribution in [2.75, 3.05) is 23.6 Å². The van der Waals surface area contributed by atoms with E-state index >= 15 is 0 Å². The number of para-hydroxylation sites is 1. The average Bonchev–Trinajstić information content (AvgIpc) is 3.48. The zero-order chi connectivity index (χ0) is 19.8. The summed E-state index contributed by atoms with van der Waals surface area (Å²) < 4.78 is 10.7. The molecule has 1 saturated heterocycles. The minimum absolute atomic E-state index is 0.0736. The molecule has 2 aliphatic rings. The second kappa shape index (κ2) is 7.25. The summed E-state index contributed by atoms with van der Waals surface area (Å²) in [6.07, 6.45) is 0.182. The summed E-state index contributed by atoms with van der Waals surface area (Å²) in [6, 6.07) is 17.1. The first kappa shape index (κ1) is 17.8. The lowest BCUT2D eigenvalue weighted by Crippen LogP contribution is -2.28. The molecule has 0 spiro atoms. The van der Waals surface area contributed by atoms with Crippen molar-refractivity contribution in [1.82, 2.24) is 0 Å². The zero-order valence-corrected chi connectivity index (χ0v) is 16.3.